The van der Waals surface area contributed by atoms with Crippen molar-refractivity contribution < 1.29 is 4.79 Å². The number of carbonyl (C=O) groups excluding carboxylic acids is 1. The van der Waals surface area contributed by atoms with Crippen LogP contribution in [0.1, 0.15) is 17.3 Å². The summed E-state index contributed by atoms with van der Waals surface area (Å²) in [7, 11) is 17.6. The van der Waals surface area contributed by atoms with Crippen molar-refractivity contribution in [2.45, 2.75) is 10.9 Å². The van der Waals surface area contributed by atoms with Gasteiger partial charge in [-0.3, -0.25) is 0 Å². The molecule has 0 bridgehead atoms. The van der Waals surface area contributed by atoms with Crippen LogP contribution in [0.15, 0.2) is 28.7 Å². The Morgan fingerprint density at radius 2 is 1.73 bits per heavy atom. The van der Waals surface area contributed by atoms with Crippen LogP contribution in [0.4, 0.5) is 0 Å². The molecule has 1 nitrogen and oxygen atoms in total. The Bertz CT molecular complexity index is 361. The maximum atomic E-state index is 11.9. The van der Waals surface area contributed by atoms with Crippen LogP contribution in [-0.4, -0.2) is 20.6 Å². The van der Waals surface area contributed by atoms with Crippen LogP contribution in [0, 0.1) is 0 Å². The summed E-state index contributed by atoms with van der Waals surface area (Å²) in [5.74, 6) is -0.0938. The van der Waals surface area contributed by atoms with E-state index in [2.05, 4.69) is 15.9 Å². The minimum atomic E-state index is -3.48. The molecule has 0 spiro atoms. The van der Waals surface area contributed by atoms with Gasteiger partial charge in [-0.2, -0.15) is 0 Å². The third kappa shape index (κ3) is 4.07. The molecule has 1 atom stereocenters. The molecule has 1 aromatic carbocycles. The number of benzene rings is 1. The van der Waals surface area contributed by atoms with Gasteiger partial charge in [0.05, 0.1) is 0 Å². The molecule has 0 aliphatic carbocycles. The van der Waals surface area contributed by atoms with Crippen molar-refractivity contribution in [1.82, 2.24) is 0 Å². The second-order valence-corrected chi connectivity index (χ2v) is 21.4. The standard InChI is InChI=1S/C9H8BrCl3OTe/c1-6(15(11,12)13)9(14)7-2-4-8(10)5-3-7/h2-6H,1H3. The van der Waals surface area contributed by atoms with Crippen LogP contribution in [0.2, 0.25) is 3.97 Å². The minimum absolute atomic E-state index is 0.0938. The quantitative estimate of drug-likeness (QED) is 0.487. The molecule has 1 aromatic rings. The first kappa shape index (κ1) is 14.1. The third-order valence-corrected chi connectivity index (χ3v) is 10.7. The molecule has 1 rings (SSSR count). The number of rotatable bonds is 3. The Morgan fingerprint density at radius 3 is 2.13 bits per heavy atom. The number of hydrogen-bond acceptors (Lipinski definition) is 1. The van der Waals surface area contributed by atoms with Gasteiger partial charge in [0.2, 0.25) is 0 Å². The number of halogens is 4. The number of ketones is 1. The van der Waals surface area contributed by atoms with Crippen molar-refractivity contribution in [1.29, 1.82) is 0 Å². The van der Waals surface area contributed by atoms with Crippen molar-refractivity contribution in [2.75, 3.05) is 0 Å². The average molecular weight is 446 g/mol. The van der Waals surface area contributed by atoms with Gasteiger partial charge in [-0.15, -0.1) is 0 Å². The molecule has 0 aliphatic heterocycles. The molecular formula is C9H8BrCl3OTe. The Hall–Kier alpha value is 1.03. The van der Waals surface area contributed by atoms with E-state index in [4.69, 9.17) is 26.9 Å². The van der Waals surface area contributed by atoms with Crippen LogP contribution in [0.5, 0.6) is 0 Å². The van der Waals surface area contributed by atoms with Crippen LogP contribution < -0.4 is 0 Å². The summed E-state index contributed by atoms with van der Waals surface area (Å²) in [6.07, 6.45) is 0. The molecule has 0 fully saturated rings. The van der Waals surface area contributed by atoms with Crippen LogP contribution >= 0.6 is 42.8 Å². The first-order chi connectivity index (χ1) is 6.82. The van der Waals surface area contributed by atoms with Crippen molar-refractivity contribution in [3.05, 3.63) is 34.3 Å². The van der Waals surface area contributed by atoms with Gasteiger partial charge < -0.3 is 0 Å². The fourth-order valence-corrected chi connectivity index (χ4v) is 3.94. The van der Waals surface area contributed by atoms with Crippen LogP contribution in [-0.2, 0) is 0 Å². The second-order valence-electron chi connectivity index (χ2n) is 2.96. The topological polar surface area (TPSA) is 17.1 Å². The summed E-state index contributed by atoms with van der Waals surface area (Å²) in [6, 6.07) is 7.04. The summed E-state index contributed by atoms with van der Waals surface area (Å²) in [4.78, 5) is 11.9. The van der Waals surface area contributed by atoms with Crippen LogP contribution in [0.25, 0.3) is 0 Å². The van der Waals surface area contributed by atoms with E-state index >= 15 is 0 Å². The third-order valence-electron chi connectivity index (χ3n) is 1.90. The van der Waals surface area contributed by atoms with Crippen molar-refractivity contribution >= 4 is 63.4 Å². The van der Waals surface area contributed by atoms with E-state index in [-0.39, 0.29) is 5.78 Å². The van der Waals surface area contributed by atoms with E-state index in [1.807, 2.05) is 0 Å². The van der Waals surface area contributed by atoms with Gasteiger partial charge in [0.15, 0.2) is 0 Å². The predicted molar refractivity (Wildman–Crippen MR) is 71.2 cm³/mol. The van der Waals surface area contributed by atoms with Crippen molar-refractivity contribution in [3.8, 4) is 0 Å². The first-order valence-corrected chi connectivity index (χ1v) is 15.0. The number of Topliss-reactive ketones (excluding diaryl/α,β-unsaturated/α-hetero) is 1. The zero-order valence-corrected chi connectivity index (χ0v) is 13.9. The van der Waals surface area contributed by atoms with Gasteiger partial charge in [-0.05, 0) is 0 Å². The van der Waals surface area contributed by atoms with E-state index < -0.39 is 18.8 Å². The molecule has 0 amide bonds. The average Bonchev–Trinajstić information content (AvgIpc) is 2.15. The van der Waals surface area contributed by atoms with Gasteiger partial charge in [-0.25, -0.2) is 0 Å². The van der Waals surface area contributed by atoms with Gasteiger partial charge >= 0.3 is 113 Å². The van der Waals surface area contributed by atoms with E-state index in [0.29, 0.717) is 5.56 Å². The van der Waals surface area contributed by atoms with Gasteiger partial charge in [0.1, 0.15) is 0 Å². The van der Waals surface area contributed by atoms with E-state index in [1.165, 1.54) is 0 Å². The summed E-state index contributed by atoms with van der Waals surface area (Å²) < 4.78 is 0.446. The Balaban J connectivity index is 2.90. The molecule has 84 valence electrons. The second kappa shape index (κ2) is 5.58. The Labute approximate surface area is 112 Å². The summed E-state index contributed by atoms with van der Waals surface area (Å²) in [6.45, 7) is 1.68. The molecular weight excluding hydrogens is 438 g/mol. The molecule has 0 saturated heterocycles. The normalized spacial score (nSPS) is 14.7. The molecule has 0 aliphatic rings. The summed E-state index contributed by atoms with van der Waals surface area (Å²) in [5, 5.41) is 0. The molecule has 0 N–H and O–H groups in total. The molecule has 0 radical (unpaired) electrons. The Kier molecular flexibility index (Phi) is 5.24. The fraction of sp³-hybridized carbons (Fsp3) is 0.222. The van der Waals surface area contributed by atoms with Gasteiger partial charge in [0, 0.05) is 0 Å². The molecule has 6 heteroatoms. The van der Waals surface area contributed by atoms with E-state index in [1.54, 1.807) is 31.2 Å². The zero-order chi connectivity index (χ0) is 11.6. The predicted octanol–water partition coefficient (Wildman–Crippen LogP) is 4.68. The molecule has 0 heterocycles. The van der Waals surface area contributed by atoms with Crippen molar-refractivity contribution in [3.63, 3.8) is 0 Å². The summed E-state index contributed by atoms with van der Waals surface area (Å²) >= 11 is -0.186. The van der Waals surface area contributed by atoms with Gasteiger partial charge in [-0.1, -0.05) is 0 Å². The number of carbonyl (C=O) groups is 1. The fourth-order valence-electron chi connectivity index (χ4n) is 0.970. The Morgan fingerprint density at radius 1 is 1.27 bits per heavy atom. The molecule has 1 unspecified atom stereocenters. The summed E-state index contributed by atoms with van der Waals surface area (Å²) in [5.41, 5.74) is 0.586. The maximum absolute atomic E-state index is 11.9. The molecule has 0 aromatic heterocycles. The number of hydrogen-bond donors (Lipinski definition) is 0. The van der Waals surface area contributed by atoms with Gasteiger partial charge in [0.25, 0.3) is 0 Å². The van der Waals surface area contributed by atoms with E-state index in [0.717, 1.165) is 4.47 Å². The van der Waals surface area contributed by atoms with Crippen LogP contribution in [0.3, 0.4) is 0 Å². The monoisotopic (exact) mass is 446 g/mol. The SMILES string of the molecule is CC(C(=O)c1ccc(Br)cc1)[Te](Cl)(Cl)Cl. The first-order valence-electron chi connectivity index (χ1n) is 4.03. The zero-order valence-electron chi connectivity index (χ0n) is 7.72. The molecule has 15 heavy (non-hydrogen) atoms. The van der Waals surface area contributed by atoms with Crippen molar-refractivity contribution in [2.24, 2.45) is 0 Å². The molecule has 0 saturated carbocycles. The van der Waals surface area contributed by atoms with E-state index in [9.17, 15) is 4.79 Å².